The van der Waals surface area contributed by atoms with Gasteiger partial charge in [-0.15, -0.1) is 6.42 Å². The first kappa shape index (κ1) is 10.8. The lowest BCUT2D eigenvalue weighted by atomic mass is 10.1. The summed E-state index contributed by atoms with van der Waals surface area (Å²) in [6, 6.07) is 0. The quantitative estimate of drug-likeness (QED) is 0.561. The van der Waals surface area contributed by atoms with Crippen molar-refractivity contribution in [1.82, 2.24) is 14.9 Å². The molecule has 3 nitrogen and oxygen atoms in total. The van der Waals surface area contributed by atoms with Crippen LogP contribution in [0.3, 0.4) is 0 Å². The maximum absolute atomic E-state index is 5.36. The molecule has 0 fully saturated rings. The van der Waals surface area contributed by atoms with E-state index in [1.54, 1.807) is 6.20 Å². The molecule has 1 N–H and O–H groups in total. The van der Waals surface area contributed by atoms with Gasteiger partial charge in [0.05, 0.1) is 11.9 Å². The summed E-state index contributed by atoms with van der Waals surface area (Å²) in [4.78, 5) is 3.98. The van der Waals surface area contributed by atoms with Crippen LogP contribution in [-0.4, -0.2) is 21.6 Å². The van der Waals surface area contributed by atoms with Gasteiger partial charge >= 0.3 is 0 Å². The van der Waals surface area contributed by atoms with E-state index < -0.39 is 0 Å². The second-order valence-corrected chi connectivity index (χ2v) is 3.85. The van der Waals surface area contributed by atoms with Gasteiger partial charge < -0.3 is 9.88 Å². The maximum Gasteiger partial charge on any atom is 0.0945 e. The second kappa shape index (κ2) is 4.83. The summed E-state index contributed by atoms with van der Waals surface area (Å²) >= 11 is 0. The Kier molecular flexibility index (Phi) is 3.73. The summed E-state index contributed by atoms with van der Waals surface area (Å²) in [6.45, 7) is 5.91. The van der Waals surface area contributed by atoms with Gasteiger partial charge in [0, 0.05) is 18.9 Å². The van der Waals surface area contributed by atoms with Gasteiger partial charge in [-0.2, -0.15) is 0 Å². The Bertz CT molecular complexity index is 293. The number of imidazole rings is 1. The summed E-state index contributed by atoms with van der Waals surface area (Å²) < 4.78 is 2.06. The molecule has 0 atom stereocenters. The summed E-state index contributed by atoms with van der Waals surface area (Å²) in [5, 5.41) is 3.30. The fourth-order valence-corrected chi connectivity index (χ4v) is 1.13. The molecule has 0 aromatic carbocycles. The van der Waals surface area contributed by atoms with Crippen LogP contribution in [-0.2, 0) is 6.54 Å². The van der Waals surface area contributed by atoms with Crippen LogP contribution in [0.25, 0.3) is 0 Å². The molecule has 0 spiro atoms. The van der Waals surface area contributed by atoms with Crippen molar-refractivity contribution in [3.63, 3.8) is 0 Å². The van der Waals surface area contributed by atoms with E-state index in [0.29, 0.717) is 0 Å². The predicted octanol–water partition coefficient (Wildman–Crippen LogP) is 1.27. The highest BCUT2D eigenvalue weighted by Gasteiger charge is 2.10. The molecule has 0 saturated carbocycles. The monoisotopic (exact) mass is 191 g/mol. The Morgan fingerprint density at radius 3 is 2.93 bits per heavy atom. The van der Waals surface area contributed by atoms with Crippen LogP contribution in [0.4, 0.5) is 0 Å². The number of nitrogens with one attached hydrogen (secondary N) is 1. The van der Waals surface area contributed by atoms with Crippen LogP contribution in [0.2, 0.25) is 0 Å². The third kappa shape index (κ3) is 3.63. The molecule has 1 rings (SSSR count). The van der Waals surface area contributed by atoms with Gasteiger partial charge in [0.25, 0.3) is 0 Å². The van der Waals surface area contributed by atoms with Crippen molar-refractivity contribution in [3.8, 4) is 12.3 Å². The normalized spacial score (nSPS) is 11.2. The van der Waals surface area contributed by atoms with E-state index in [2.05, 4.69) is 20.8 Å². The maximum atomic E-state index is 5.36. The van der Waals surface area contributed by atoms with Gasteiger partial charge in [-0.25, -0.2) is 4.98 Å². The number of nitrogens with zero attached hydrogens (tertiary/aromatic N) is 2. The lowest BCUT2D eigenvalue weighted by Gasteiger charge is -2.19. The van der Waals surface area contributed by atoms with Gasteiger partial charge in [0.1, 0.15) is 0 Å². The van der Waals surface area contributed by atoms with Crippen molar-refractivity contribution >= 4 is 0 Å². The Morgan fingerprint density at radius 2 is 2.36 bits per heavy atom. The second-order valence-electron chi connectivity index (χ2n) is 3.85. The predicted molar refractivity (Wildman–Crippen MR) is 57.8 cm³/mol. The first-order valence-electron chi connectivity index (χ1n) is 4.82. The molecule has 1 aromatic rings. The molecule has 1 aromatic heterocycles. The molecule has 14 heavy (non-hydrogen) atoms. The van der Waals surface area contributed by atoms with Crippen LogP contribution in [0.5, 0.6) is 0 Å². The number of aromatic nitrogens is 2. The number of hydrogen-bond donors (Lipinski definition) is 1. The van der Waals surface area contributed by atoms with Crippen LogP contribution < -0.4 is 5.32 Å². The third-order valence-electron chi connectivity index (χ3n) is 2.08. The SMILES string of the molecule is C#CC(C)(C)NCCCn1ccnc1. The Labute approximate surface area is 85.5 Å². The summed E-state index contributed by atoms with van der Waals surface area (Å²) in [5.41, 5.74) is -0.199. The number of hydrogen-bond acceptors (Lipinski definition) is 2. The minimum atomic E-state index is -0.199. The molecular formula is C11H17N3. The first-order valence-corrected chi connectivity index (χ1v) is 4.82. The van der Waals surface area contributed by atoms with Crippen molar-refractivity contribution in [3.05, 3.63) is 18.7 Å². The van der Waals surface area contributed by atoms with Crippen LogP contribution in [0.15, 0.2) is 18.7 Å². The van der Waals surface area contributed by atoms with Crippen molar-refractivity contribution < 1.29 is 0 Å². The minimum Gasteiger partial charge on any atom is -0.337 e. The van der Waals surface area contributed by atoms with Crippen LogP contribution in [0, 0.1) is 12.3 Å². The van der Waals surface area contributed by atoms with Crippen molar-refractivity contribution in [2.75, 3.05) is 6.54 Å². The van der Waals surface area contributed by atoms with E-state index >= 15 is 0 Å². The van der Waals surface area contributed by atoms with Crippen LogP contribution >= 0.6 is 0 Å². The van der Waals surface area contributed by atoms with E-state index in [9.17, 15) is 0 Å². The molecule has 0 aliphatic heterocycles. The van der Waals surface area contributed by atoms with Crippen LogP contribution in [0.1, 0.15) is 20.3 Å². The van der Waals surface area contributed by atoms with E-state index in [1.807, 2.05) is 26.4 Å². The topological polar surface area (TPSA) is 29.9 Å². The molecule has 1 heterocycles. The van der Waals surface area contributed by atoms with Gasteiger partial charge in [0.2, 0.25) is 0 Å². The van der Waals surface area contributed by atoms with E-state index in [1.165, 1.54) is 0 Å². The van der Waals surface area contributed by atoms with E-state index in [-0.39, 0.29) is 5.54 Å². The molecule has 0 amide bonds. The number of terminal acetylenes is 1. The standard InChI is InChI=1S/C11H17N3/c1-4-11(2,3)13-6-5-8-14-9-7-12-10-14/h1,7,9-10,13H,5-6,8H2,2-3H3. The highest BCUT2D eigenvalue weighted by molar-refractivity contribution is 5.07. The third-order valence-corrected chi connectivity index (χ3v) is 2.08. The average Bonchev–Trinajstić information content (AvgIpc) is 2.65. The fourth-order valence-electron chi connectivity index (χ4n) is 1.13. The zero-order valence-corrected chi connectivity index (χ0v) is 8.83. The molecule has 3 heteroatoms. The largest absolute Gasteiger partial charge is 0.337 e. The Morgan fingerprint density at radius 1 is 1.57 bits per heavy atom. The molecule has 76 valence electrons. The van der Waals surface area contributed by atoms with Crippen molar-refractivity contribution in [1.29, 1.82) is 0 Å². The molecular weight excluding hydrogens is 174 g/mol. The Balaban J connectivity index is 2.15. The fraction of sp³-hybridized carbons (Fsp3) is 0.545. The minimum absolute atomic E-state index is 0.199. The van der Waals surface area contributed by atoms with E-state index in [0.717, 1.165) is 19.5 Å². The van der Waals surface area contributed by atoms with Gasteiger partial charge in [0.15, 0.2) is 0 Å². The van der Waals surface area contributed by atoms with Crippen molar-refractivity contribution in [2.45, 2.75) is 32.4 Å². The van der Waals surface area contributed by atoms with E-state index in [4.69, 9.17) is 6.42 Å². The molecule has 0 radical (unpaired) electrons. The smallest absolute Gasteiger partial charge is 0.0945 e. The molecule has 0 saturated heterocycles. The number of aryl methyl sites for hydroxylation is 1. The van der Waals surface area contributed by atoms with Gasteiger partial charge in [-0.05, 0) is 26.8 Å². The highest BCUT2D eigenvalue weighted by Crippen LogP contribution is 1.99. The van der Waals surface area contributed by atoms with Gasteiger partial charge in [-0.1, -0.05) is 5.92 Å². The molecule has 0 aliphatic rings. The lowest BCUT2D eigenvalue weighted by Crippen LogP contribution is -2.38. The Hall–Kier alpha value is -1.27. The molecule has 0 bridgehead atoms. The summed E-state index contributed by atoms with van der Waals surface area (Å²) in [5.74, 6) is 2.70. The zero-order valence-electron chi connectivity index (χ0n) is 8.83. The molecule has 0 aliphatic carbocycles. The highest BCUT2D eigenvalue weighted by atomic mass is 15.0. The summed E-state index contributed by atoms with van der Waals surface area (Å²) in [7, 11) is 0. The first-order chi connectivity index (χ1) is 6.64. The lowest BCUT2D eigenvalue weighted by molar-refractivity contribution is 0.469. The molecule has 0 unspecified atom stereocenters. The average molecular weight is 191 g/mol. The van der Waals surface area contributed by atoms with Crippen molar-refractivity contribution in [2.24, 2.45) is 0 Å². The van der Waals surface area contributed by atoms with Gasteiger partial charge in [-0.3, -0.25) is 0 Å². The number of rotatable bonds is 5. The zero-order chi connectivity index (χ0) is 10.4. The summed E-state index contributed by atoms with van der Waals surface area (Å²) in [6.07, 6.45) is 12.0.